The summed E-state index contributed by atoms with van der Waals surface area (Å²) in [6.07, 6.45) is 1.99. The first-order valence-electron chi connectivity index (χ1n) is 10.7. The van der Waals surface area contributed by atoms with Gasteiger partial charge < -0.3 is 25.0 Å². The van der Waals surface area contributed by atoms with Gasteiger partial charge in [-0.05, 0) is 32.3 Å². The quantitative estimate of drug-likeness (QED) is 0.317. The molecule has 1 aliphatic rings. The fourth-order valence-corrected chi connectivity index (χ4v) is 3.11. The van der Waals surface area contributed by atoms with Gasteiger partial charge in [0.15, 0.2) is 5.96 Å². The Morgan fingerprint density at radius 2 is 2.10 bits per heavy atom. The summed E-state index contributed by atoms with van der Waals surface area (Å²) < 4.78 is 11.1. The van der Waals surface area contributed by atoms with Crippen molar-refractivity contribution in [1.82, 2.24) is 15.5 Å². The summed E-state index contributed by atoms with van der Waals surface area (Å²) in [6, 6.07) is 10.0. The fourth-order valence-electron chi connectivity index (χ4n) is 3.11. The molecule has 1 aliphatic heterocycles. The van der Waals surface area contributed by atoms with Crippen molar-refractivity contribution in [2.75, 3.05) is 52.6 Å². The number of nitrogens with zero attached hydrogens (tertiary/aromatic N) is 2. The predicted molar refractivity (Wildman–Crippen MR) is 116 cm³/mol. The van der Waals surface area contributed by atoms with E-state index in [1.165, 1.54) is 0 Å². The maximum absolute atomic E-state index is 12.6. The number of guanidine groups is 1. The molecule has 2 N–H and O–H groups in total. The van der Waals surface area contributed by atoms with Gasteiger partial charge in [0.05, 0.1) is 13.2 Å². The predicted octanol–water partition coefficient (Wildman–Crippen LogP) is 2.03. The van der Waals surface area contributed by atoms with Gasteiger partial charge in [0.25, 0.3) is 0 Å². The molecule has 0 aromatic heterocycles. The zero-order chi connectivity index (χ0) is 20.7. The highest BCUT2D eigenvalue weighted by molar-refractivity contribution is 5.84. The van der Waals surface area contributed by atoms with E-state index in [9.17, 15) is 4.79 Å². The van der Waals surface area contributed by atoms with Crippen LogP contribution in [0.5, 0.6) is 0 Å². The minimum absolute atomic E-state index is 0.0238. The van der Waals surface area contributed by atoms with Gasteiger partial charge in [-0.15, -0.1) is 0 Å². The van der Waals surface area contributed by atoms with Crippen molar-refractivity contribution >= 4 is 11.9 Å². The van der Waals surface area contributed by atoms with Crippen LogP contribution in [-0.4, -0.2) is 69.4 Å². The number of benzene rings is 1. The molecule has 1 unspecified atom stereocenters. The van der Waals surface area contributed by atoms with Crippen LogP contribution in [0.2, 0.25) is 0 Å². The molecule has 0 spiro atoms. The number of amides is 1. The molecule has 2 rings (SSSR count). The lowest BCUT2D eigenvalue weighted by Gasteiger charge is -2.20. The number of rotatable bonds is 12. The van der Waals surface area contributed by atoms with Crippen LogP contribution in [0.15, 0.2) is 35.3 Å². The van der Waals surface area contributed by atoms with Gasteiger partial charge in [-0.1, -0.05) is 30.3 Å². The first-order valence-corrected chi connectivity index (χ1v) is 10.7. The number of hydrogen-bond acceptors (Lipinski definition) is 4. The second-order valence-electron chi connectivity index (χ2n) is 7.17. The second-order valence-corrected chi connectivity index (χ2v) is 7.17. The Morgan fingerprint density at radius 1 is 1.28 bits per heavy atom. The molecule has 7 heteroatoms. The van der Waals surface area contributed by atoms with Crippen LogP contribution in [0.25, 0.3) is 0 Å². The number of carbonyl (C=O) groups is 1. The topological polar surface area (TPSA) is 75.2 Å². The van der Waals surface area contributed by atoms with Crippen molar-refractivity contribution in [3.05, 3.63) is 35.9 Å². The van der Waals surface area contributed by atoms with Crippen LogP contribution in [0.3, 0.4) is 0 Å². The third kappa shape index (κ3) is 9.28. The zero-order valence-electron chi connectivity index (χ0n) is 17.9. The number of carbonyl (C=O) groups excluding carboxylic acids is 1. The van der Waals surface area contributed by atoms with E-state index in [2.05, 4.69) is 15.6 Å². The van der Waals surface area contributed by atoms with Crippen molar-refractivity contribution in [2.24, 2.45) is 10.9 Å². The molecule has 1 heterocycles. The third-order valence-electron chi connectivity index (χ3n) is 4.80. The van der Waals surface area contributed by atoms with Crippen LogP contribution in [0.1, 0.15) is 32.3 Å². The maximum Gasteiger partial charge on any atom is 0.244 e. The number of nitrogens with one attached hydrogen (secondary N) is 2. The van der Waals surface area contributed by atoms with Crippen LogP contribution in [0, 0.1) is 5.92 Å². The summed E-state index contributed by atoms with van der Waals surface area (Å²) in [5, 5.41) is 6.47. The molecule has 0 aliphatic carbocycles. The first-order chi connectivity index (χ1) is 14.2. The highest BCUT2D eigenvalue weighted by Crippen LogP contribution is 2.12. The SMILES string of the molecule is CCNC(=NCC(=O)N(CC)Cc1ccccc1)NCCCOCC1CCOC1. The lowest BCUT2D eigenvalue weighted by Crippen LogP contribution is -2.39. The Labute approximate surface area is 174 Å². The molecule has 0 bridgehead atoms. The molecule has 1 aromatic rings. The first kappa shape index (κ1) is 23.2. The fraction of sp³-hybridized carbons (Fsp3) is 0.636. The van der Waals surface area contributed by atoms with E-state index in [0.29, 0.717) is 31.6 Å². The van der Waals surface area contributed by atoms with Crippen molar-refractivity contribution in [3.63, 3.8) is 0 Å². The Balaban J connectivity index is 1.69. The van der Waals surface area contributed by atoms with E-state index < -0.39 is 0 Å². The molecule has 1 amide bonds. The summed E-state index contributed by atoms with van der Waals surface area (Å²) in [5.74, 6) is 1.24. The number of aliphatic imine (C=N–C) groups is 1. The van der Waals surface area contributed by atoms with E-state index in [4.69, 9.17) is 9.47 Å². The Hall–Kier alpha value is -2.12. The van der Waals surface area contributed by atoms with Gasteiger partial charge >= 0.3 is 0 Å². The highest BCUT2D eigenvalue weighted by atomic mass is 16.5. The Morgan fingerprint density at radius 3 is 2.79 bits per heavy atom. The van der Waals surface area contributed by atoms with Gasteiger partial charge in [0, 0.05) is 45.3 Å². The van der Waals surface area contributed by atoms with Crippen LogP contribution in [-0.2, 0) is 20.8 Å². The molecular weight excluding hydrogens is 368 g/mol. The molecule has 1 saturated heterocycles. The molecule has 0 radical (unpaired) electrons. The molecule has 1 fully saturated rings. The van der Waals surface area contributed by atoms with Gasteiger partial charge in [0.1, 0.15) is 6.54 Å². The van der Waals surface area contributed by atoms with Gasteiger partial charge in [-0.25, -0.2) is 4.99 Å². The minimum Gasteiger partial charge on any atom is -0.381 e. The summed E-state index contributed by atoms with van der Waals surface area (Å²) in [6.45, 7) is 10.1. The summed E-state index contributed by atoms with van der Waals surface area (Å²) >= 11 is 0. The van der Waals surface area contributed by atoms with Gasteiger partial charge in [-0.3, -0.25) is 4.79 Å². The van der Waals surface area contributed by atoms with E-state index in [1.54, 1.807) is 0 Å². The van der Waals surface area contributed by atoms with Gasteiger partial charge in [-0.2, -0.15) is 0 Å². The molecule has 7 nitrogen and oxygen atoms in total. The highest BCUT2D eigenvalue weighted by Gasteiger charge is 2.15. The Bertz CT molecular complexity index is 603. The number of hydrogen-bond donors (Lipinski definition) is 2. The van der Waals surface area contributed by atoms with E-state index in [0.717, 1.165) is 51.3 Å². The molecule has 29 heavy (non-hydrogen) atoms. The molecule has 1 atom stereocenters. The van der Waals surface area contributed by atoms with Crippen LogP contribution >= 0.6 is 0 Å². The third-order valence-corrected chi connectivity index (χ3v) is 4.80. The van der Waals surface area contributed by atoms with Crippen molar-refractivity contribution < 1.29 is 14.3 Å². The van der Waals surface area contributed by atoms with Crippen molar-refractivity contribution in [3.8, 4) is 0 Å². The smallest absolute Gasteiger partial charge is 0.244 e. The Kier molecular flexibility index (Phi) is 11.1. The monoisotopic (exact) mass is 404 g/mol. The van der Waals surface area contributed by atoms with Crippen molar-refractivity contribution in [2.45, 2.75) is 33.2 Å². The average Bonchev–Trinajstić information content (AvgIpc) is 3.26. The second kappa shape index (κ2) is 14.0. The van der Waals surface area contributed by atoms with E-state index in [1.807, 2.05) is 49.1 Å². The van der Waals surface area contributed by atoms with Crippen LogP contribution in [0.4, 0.5) is 0 Å². The summed E-state index contributed by atoms with van der Waals surface area (Å²) in [7, 11) is 0. The number of likely N-dealkylation sites (N-methyl/N-ethyl adjacent to an activating group) is 1. The zero-order valence-corrected chi connectivity index (χ0v) is 17.9. The minimum atomic E-state index is 0.0238. The lowest BCUT2D eigenvalue weighted by molar-refractivity contribution is -0.130. The van der Waals surface area contributed by atoms with E-state index in [-0.39, 0.29) is 12.5 Å². The molecular formula is C22H36N4O3. The van der Waals surface area contributed by atoms with E-state index >= 15 is 0 Å². The molecule has 0 saturated carbocycles. The largest absolute Gasteiger partial charge is 0.381 e. The van der Waals surface area contributed by atoms with Crippen LogP contribution < -0.4 is 10.6 Å². The summed E-state index contributed by atoms with van der Waals surface area (Å²) in [5.41, 5.74) is 1.13. The molecule has 1 aromatic carbocycles. The molecule has 162 valence electrons. The lowest BCUT2D eigenvalue weighted by atomic mass is 10.1. The number of ether oxygens (including phenoxy) is 2. The summed E-state index contributed by atoms with van der Waals surface area (Å²) in [4.78, 5) is 18.8. The standard InChI is InChI=1S/C22H36N4O3/c1-3-23-22(24-12-8-13-28-17-20-11-14-29-18-20)25-15-21(27)26(4-2)16-19-9-6-5-7-10-19/h5-7,9-10,20H,3-4,8,11-18H2,1-2H3,(H2,23,24,25). The average molecular weight is 405 g/mol. The maximum atomic E-state index is 12.6. The van der Waals surface area contributed by atoms with Gasteiger partial charge in [0.2, 0.25) is 5.91 Å². The normalized spacial score (nSPS) is 16.6. The van der Waals surface area contributed by atoms with Crippen molar-refractivity contribution in [1.29, 1.82) is 0 Å².